The summed E-state index contributed by atoms with van der Waals surface area (Å²) < 4.78 is 0. The molecule has 0 aliphatic heterocycles. The number of unbranched alkanes of at least 4 members (excludes halogenated alkanes) is 2. The molecule has 74 valence electrons. The van der Waals surface area contributed by atoms with Crippen LogP contribution >= 0.6 is 0 Å². The molecule has 0 aromatic heterocycles. The minimum absolute atomic E-state index is 0.199. The van der Waals surface area contributed by atoms with Gasteiger partial charge in [-0.05, 0) is 11.8 Å². The van der Waals surface area contributed by atoms with Gasteiger partial charge in [-0.15, -0.1) is 0 Å². The quantitative estimate of drug-likeness (QED) is 0.350. The van der Waals surface area contributed by atoms with E-state index in [1.807, 2.05) is 0 Å². The molecule has 0 bridgehead atoms. The van der Waals surface area contributed by atoms with Crippen LogP contribution in [0.1, 0.15) is 47.0 Å². The largest absolute Gasteiger partial charge is 0.237 e. The summed E-state index contributed by atoms with van der Waals surface area (Å²) in [5.41, 5.74) is 0.199. The Hall–Kier alpha value is -0.0800. The van der Waals surface area contributed by atoms with Crippen molar-refractivity contribution in [2.45, 2.75) is 47.0 Å². The summed E-state index contributed by atoms with van der Waals surface area (Å²) in [4.78, 5) is 10.1. The van der Waals surface area contributed by atoms with Crippen LogP contribution < -0.4 is 0 Å². The van der Waals surface area contributed by atoms with E-state index in [0.29, 0.717) is 6.61 Å². The molecule has 12 heavy (non-hydrogen) atoms. The predicted octanol–water partition coefficient (Wildman–Crippen LogP) is 3.17. The fourth-order valence-corrected chi connectivity index (χ4v) is 0.688. The average Bonchev–Trinajstić information content (AvgIpc) is 1.94. The van der Waals surface area contributed by atoms with Crippen molar-refractivity contribution in [2.24, 2.45) is 5.41 Å². The molecular formula is C10H22O2. The Balaban J connectivity index is 3.01. The summed E-state index contributed by atoms with van der Waals surface area (Å²) in [6, 6.07) is 0. The van der Waals surface area contributed by atoms with Gasteiger partial charge in [-0.3, -0.25) is 0 Å². The highest BCUT2D eigenvalue weighted by Gasteiger charge is 2.10. The van der Waals surface area contributed by atoms with Gasteiger partial charge in [-0.2, -0.15) is 0 Å². The molecule has 2 heteroatoms. The van der Waals surface area contributed by atoms with Crippen molar-refractivity contribution in [1.29, 1.82) is 0 Å². The van der Waals surface area contributed by atoms with Gasteiger partial charge >= 0.3 is 0 Å². The van der Waals surface area contributed by atoms with E-state index in [1.54, 1.807) is 0 Å². The maximum Gasteiger partial charge on any atom is 0.0870 e. The van der Waals surface area contributed by atoms with Crippen LogP contribution in [0.2, 0.25) is 0 Å². The molecule has 0 fully saturated rings. The summed E-state index contributed by atoms with van der Waals surface area (Å²) >= 11 is 0. The van der Waals surface area contributed by atoms with Crippen molar-refractivity contribution in [2.75, 3.05) is 13.2 Å². The zero-order valence-electron chi connectivity index (χ0n) is 8.85. The van der Waals surface area contributed by atoms with Crippen LogP contribution in [0.4, 0.5) is 0 Å². The fraction of sp³-hybridized carbons (Fsp3) is 1.00. The molecule has 2 nitrogen and oxygen atoms in total. The van der Waals surface area contributed by atoms with Gasteiger partial charge < -0.3 is 0 Å². The van der Waals surface area contributed by atoms with E-state index in [4.69, 9.17) is 9.78 Å². The Labute approximate surface area is 76.2 Å². The lowest BCUT2D eigenvalue weighted by Gasteiger charge is -2.16. The van der Waals surface area contributed by atoms with Gasteiger partial charge in [0.1, 0.15) is 0 Å². The van der Waals surface area contributed by atoms with Gasteiger partial charge in [0.25, 0.3) is 0 Å². The van der Waals surface area contributed by atoms with Gasteiger partial charge in [-0.25, -0.2) is 9.78 Å². The lowest BCUT2D eigenvalue weighted by Crippen LogP contribution is -2.15. The van der Waals surface area contributed by atoms with Crippen molar-refractivity contribution >= 4 is 0 Å². The first-order chi connectivity index (χ1) is 5.56. The Morgan fingerprint density at radius 2 is 1.67 bits per heavy atom. The third kappa shape index (κ3) is 9.92. The summed E-state index contributed by atoms with van der Waals surface area (Å²) in [7, 11) is 0. The molecule has 0 saturated carbocycles. The highest BCUT2D eigenvalue weighted by atomic mass is 17.2. The zero-order valence-corrected chi connectivity index (χ0v) is 8.85. The van der Waals surface area contributed by atoms with E-state index in [2.05, 4.69) is 27.7 Å². The SMILES string of the molecule is CCCCCOOCC(C)(C)C. The van der Waals surface area contributed by atoms with E-state index in [-0.39, 0.29) is 5.41 Å². The van der Waals surface area contributed by atoms with Crippen LogP contribution in [-0.4, -0.2) is 13.2 Å². The molecule has 0 aliphatic carbocycles. The first-order valence-corrected chi connectivity index (χ1v) is 4.80. The second-order valence-corrected chi connectivity index (χ2v) is 4.35. The lowest BCUT2D eigenvalue weighted by atomic mass is 9.99. The number of rotatable bonds is 6. The van der Waals surface area contributed by atoms with Gasteiger partial charge in [0.2, 0.25) is 0 Å². The maximum absolute atomic E-state index is 5.04. The minimum atomic E-state index is 0.199. The van der Waals surface area contributed by atoms with Crippen molar-refractivity contribution in [3.8, 4) is 0 Å². The summed E-state index contributed by atoms with van der Waals surface area (Å²) in [5, 5.41) is 0. The smallest absolute Gasteiger partial charge is 0.0870 e. The third-order valence-electron chi connectivity index (χ3n) is 1.41. The molecule has 0 aliphatic rings. The molecule has 0 aromatic carbocycles. The van der Waals surface area contributed by atoms with Crippen LogP contribution in [-0.2, 0) is 9.78 Å². The van der Waals surface area contributed by atoms with Crippen molar-refractivity contribution in [3.63, 3.8) is 0 Å². The molecule has 0 saturated heterocycles. The van der Waals surface area contributed by atoms with Gasteiger partial charge in [0, 0.05) is 0 Å². The molecule has 0 aromatic rings. The van der Waals surface area contributed by atoms with E-state index in [9.17, 15) is 0 Å². The Morgan fingerprint density at radius 1 is 1.00 bits per heavy atom. The molecule has 0 amide bonds. The van der Waals surface area contributed by atoms with E-state index in [0.717, 1.165) is 13.0 Å². The van der Waals surface area contributed by atoms with E-state index < -0.39 is 0 Å². The molecule has 0 N–H and O–H groups in total. The lowest BCUT2D eigenvalue weighted by molar-refractivity contribution is -0.307. The van der Waals surface area contributed by atoms with E-state index >= 15 is 0 Å². The monoisotopic (exact) mass is 174 g/mol. The number of hydrogen-bond donors (Lipinski definition) is 0. The molecular weight excluding hydrogens is 152 g/mol. The fourth-order valence-electron chi connectivity index (χ4n) is 0.688. The summed E-state index contributed by atoms with van der Waals surface area (Å²) in [6.45, 7) is 9.95. The molecule has 0 heterocycles. The molecule has 0 unspecified atom stereocenters. The molecule has 0 rings (SSSR count). The minimum Gasteiger partial charge on any atom is -0.237 e. The Bertz CT molecular complexity index is 94.5. The number of hydrogen-bond acceptors (Lipinski definition) is 2. The van der Waals surface area contributed by atoms with Crippen LogP contribution in [0.5, 0.6) is 0 Å². The Kier molecular flexibility index (Phi) is 6.39. The maximum atomic E-state index is 5.04. The topological polar surface area (TPSA) is 18.5 Å². The average molecular weight is 174 g/mol. The van der Waals surface area contributed by atoms with E-state index in [1.165, 1.54) is 12.8 Å². The summed E-state index contributed by atoms with van der Waals surface area (Å²) in [5.74, 6) is 0. The zero-order chi connectivity index (χ0) is 9.45. The van der Waals surface area contributed by atoms with Crippen LogP contribution in [0.15, 0.2) is 0 Å². The standard InChI is InChI=1S/C10H22O2/c1-5-6-7-8-11-12-9-10(2,3)4/h5-9H2,1-4H3. The van der Waals surface area contributed by atoms with Crippen molar-refractivity contribution < 1.29 is 9.78 Å². The molecule has 0 atom stereocenters. The first-order valence-electron chi connectivity index (χ1n) is 4.80. The van der Waals surface area contributed by atoms with Gasteiger partial charge in [0.05, 0.1) is 13.2 Å². The van der Waals surface area contributed by atoms with Crippen molar-refractivity contribution in [1.82, 2.24) is 0 Å². The highest BCUT2D eigenvalue weighted by Crippen LogP contribution is 2.12. The van der Waals surface area contributed by atoms with Crippen LogP contribution in [0.25, 0.3) is 0 Å². The predicted molar refractivity (Wildman–Crippen MR) is 50.9 cm³/mol. The second-order valence-electron chi connectivity index (χ2n) is 4.35. The van der Waals surface area contributed by atoms with Gasteiger partial charge in [-0.1, -0.05) is 40.5 Å². The highest BCUT2D eigenvalue weighted by molar-refractivity contribution is 4.57. The third-order valence-corrected chi connectivity index (χ3v) is 1.41. The normalized spacial score (nSPS) is 12.0. The van der Waals surface area contributed by atoms with Gasteiger partial charge in [0.15, 0.2) is 0 Å². The Morgan fingerprint density at radius 3 is 2.17 bits per heavy atom. The summed E-state index contributed by atoms with van der Waals surface area (Å²) in [6.07, 6.45) is 3.54. The van der Waals surface area contributed by atoms with Crippen LogP contribution in [0.3, 0.4) is 0 Å². The van der Waals surface area contributed by atoms with Crippen molar-refractivity contribution in [3.05, 3.63) is 0 Å². The first kappa shape index (κ1) is 11.9. The second kappa shape index (κ2) is 6.44. The molecule has 0 spiro atoms. The molecule has 0 radical (unpaired) electrons. The van der Waals surface area contributed by atoms with Crippen LogP contribution in [0, 0.1) is 5.41 Å².